The molecule has 0 bridgehead atoms. The van der Waals surface area contributed by atoms with Crippen LogP contribution in [0.25, 0.3) is 10.9 Å². The van der Waals surface area contributed by atoms with E-state index in [1.807, 2.05) is 12.1 Å². The molecule has 2 heterocycles. The molecular weight excluding hydrogens is 489 g/mol. The zero-order chi connectivity index (χ0) is 26.8. The van der Waals surface area contributed by atoms with E-state index in [4.69, 9.17) is 4.74 Å². The topological polar surface area (TPSA) is 106 Å². The molecule has 4 aromatic rings. The highest BCUT2D eigenvalue weighted by atomic mass is 19.1. The van der Waals surface area contributed by atoms with Gasteiger partial charge in [0.05, 0.1) is 28.9 Å². The minimum absolute atomic E-state index is 0.0334. The number of nitrogens with one attached hydrogen (secondary N) is 1. The third kappa shape index (κ3) is 4.39. The predicted octanol–water partition coefficient (Wildman–Crippen LogP) is 4.32. The normalized spacial score (nSPS) is 14.2. The minimum atomic E-state index is -1.69. The molecule has 3 amide bonds. The molecule has 1 aromatic heterocycles. The molecule has 0 saturated carbocycles. The number of rotatable bonds is 7. The first kappa shape index (κ1) is 24.8. The smallest absolute Gasteiger partial charge is 0.316 e. The number of fused-ring (bicyclic) bond motifs is 2. The van der Waals surface area contributed by atoms with Crippen molar-refractivity contribution in [3.05, 3.63) is 108 Å². The van der Waals surface area contributed by atoms with Crippen LogP contribution in [0.4, 0.5) is 10.1 Å². The summed E-state index contributed by atoms with van der Waals surface area (Å²) in [6.45, 7) is 1.55. The molecule has 8 nitrogen and oxygen atoms in total. The summed E-state index contributed by atoms with van der Waals surface area (Å²) in [6, 6.07) is 18.2. The number of hydrogen-bond donors (Lipinski definition) is 1. The summed E-state index contributed by atoms with van der Waals surface area (Å²) in [7, 11) is 0. The van der Waals surface area contributed by atoms with Crippen LogP contribution in [0.1, 0.15) is 39.1 Å². The highest BCUT2D eigenvalue weighted by Crippen LogP contribution is 2.34. The molecule has 1 N–H and O–H groups in total. The quantitative estimate of drug-likeness (QED) is 0.293. The summed E-state index contributed by atoms with van der Waals surface area (Å²) in [6.07, 6.45) is 1.56. The van der Waals surface area contributed by atoms with Crippen molar-refractivity contribution in [1.29, 1.82) is 0 Å². The molecule has 0 fully saturated rings. The van der Waals surface area contributed by atoms with Crippen molar-refractivity contribution < 1.29 is 28.3 Å². The van der Waals surface area contributed by atoms with Crippen LogP contribution in [0.3, 0.4) is 0 Å². The van der Waals surface area contributed by atoms with Crippen LogP contribution < -0.4 is 5.32 Å². The van der Waals surface area contributed by atoms with E-state index in [0.717, 1.165) is 16.4 Å². The van der Waals surface area contributed by atoms with Gasteiger partial charge in [0.1, 0.15) is 17.8 Å². The highest BCUT2D eigenvalue weighted by Gasteiger charge is 2.49. The van der Waals surface area contributed by atoms with Crippen LogP contribution in [0, 0.1) is 5.82 Å². The van der Waals surface area contributed by atoms with Crippen LogP contribution in [0.5, 0.6) is 0 Å². The van der Waals surface area contributed by atoms with Gasteiger partial charge in [-0.05, 0) is 48.9 Å². The van der Waals surface area contributed by atoms with Gasteiger partial charge in [0.25, 0.3) is 11.8 Å². The van der Waals surface area contributed by atoms with Crippen LogP contribution in [-0.2, 0) is 14.3 Å². The Morgan fingerprint density at radius 3 is 2.32 bits per heavy atom. The number of para-hydroxylation sites is 1. The molecule has 190 valence electrons. The second-order valence-corrected chi connectivity index (χ2v) is 8.63. The molecular formula is C29H22FN3O5. The van der Waals surface area contributed by atoms with Crippen LogP contribution in [-0.4, -0.2) is 46.2 Å². The van der Waals surface area contributed by atoms with Gasteiger partial charge in [0.2, 0.25) is 5.91 Å². The molecule has 0 saturated heterocycles. The maximum absolute atomic E-state index is 14.3. The van der Waals surface area contributed by atoms with E-state index in [-0.39, 0.29) is 23.3 Å². The van der Waals surface area contributed by atoms with E-state index in [9.17, 15) is 23.6 Å². The molecule has 0 unspecified atom stereocenters. The van der Waals surface area contributed by atoms with E-state index in [0.29, 0.717) is 11.2 Å². The summed E-state index contributed by atoms with van der Waals surface area (Å²) in [5, 5.41) is 3.49. The summed E-state index contributed by atoms with van der Waals surface area (Å²) in [4.78, 5) is 59.4. The number of nitrogens with zero attached hydrogens (tertiary/aromatic N) is 2. The molecule has 1 aliphatic rings. The van der Waals surface area contributed by atoms with Gasteiger partial charge in [-0.3, -0.25) is 29.1 Å². The average molecular weight is 512 g/mol. The lowest BCUT2D eigenvalue weighted by Crippen LogP contribution is -2.52. The van der Waals surface area contributed by atoms with Gasteiger partial charge < -0.3 is 10.1 Å². The molecule has 1 aliphatic heterocycles. The Balaban J connectivity index is 1.65. The van der Waals surface area contributed by atoms with Crippen LogP contribution in [0.2, 0.25) is 0 Å². The Kier molecular flexibility index (Phi) is 6.66. The number of esters is 1. The minimum Gasteiger partial charge on any atom is -0.465 e. The lowest BCUT2D eigenvalue weighted by atomic mass is 9.89. The summed E-state index contributed by atoms with van der Waals surface area (Å²) in [5.74, 6) is -5.36. The predicted molar refractivity (Wildman–Crippen MR) is 137 cm³/mol. The van der Waals surface area contributed by atoms with Crippen molar-refractivity contribution in [3.63, 3.8) is 0 Å². The number of imide groups is 1. The van der Waals surface area contributed by atoms with Crippen LogP contribution in [0.15, 0.2) is 85.1 Å². The largest absolute Gasteiger partial charge is 0.465 e. The Morgan fingerprint density at radius 1 is 0.947 bits per heavy atom. The Labute approximate surface area is 217 Å². The first-order chi connectivity index (χ1) is 18.4. The van der Waals surface area contributed by atoms with Crippen molar-refractivity contribution in [2.24, 2.45) is 0 Å². The van der Waals surface area contributed by atoms with Crippen molar-refractivity contribution in [2.45, 2.75) is 18.9 Å². The maximum Gasteiger partial charge on any atom is 0.316 e. The molecule has 3 aromatic carbocycles. The number of pyridine rings is 1. The number of anilines is 1. The fourth-order valence-electron chi connectivity index (χ4n) is 4.67. The van der Waals surface area contributed by atoms with E-state index < -0.39 is 41.5 Å². The number of hydrogen-bond acceptors (Lipinski definition) is 6. The third-order valence-corrected chi connectivity index (χ3v) is 6.33. The number of amides is 3. The average Bonchev–Trinajstić information content (AvgIpc) is 3.17. The van der Waals surface area contributed by atoms with E-state index in [2.05, 4.69) is 10.3 Å². The Hall–Kier alpha value is -4.92. The molecule has 0 spiro atoms. The fourth-order valence-corrected chi connectivity index (χ4v) is 4.67. The molecule has 38 heavy (non-hydrogen) atoms. The first-order valence-electron chi connectivity index (χ1n) is 11.9. The second kappa shape index (κ2) is 10.2. The molecule has 9 heteroatoms. The summed E-state index contributed by atoms with van der Waals surface area (Å²) < 4.78 is 19.6. The van der Waals surface area contributed by atoms with Crippen molar-refractivity contribution >= 4 is 40.3 Å². The van der Waals surface area contributed by atoms with Gasteiger partial charge in [-0.25, -0.2) is 4.39 Å². The Morgan fingerprint density at radius 2 is 1.63 bits per heavy atom. The number of carbonyl (C=O) groups is 4. The summed E-state index contributed by atoms with van der Waals surface area (Å²) in [5.41, 5.74) is 1.07. The van der Waals surface area contributed by atoms with E-state index in [1.54, 1.807) is 43.5 Å². The second-order valence-electron chi connectivity index (χ2n) is 8.63. The van der Waals surface area contributed by atoms with Gasteiger partial charge in [-0.15, -0.1) is 0 Å². The van der Waals surface area contributed by atoms with Gasteiger partial charge >= 0.3 is 5.97 Å². The zero-order valence-corrected chi connectivity index (χ0v) is 20.3. The first-order valence-corrected chi connectivity index (χ1v) is 11.9. The number of ether oxygens (including phenoxy) is 1. The fraction of sp³-hybridized carbons (Fsp3) is 0.138. The third-order valence-electron chi connectivity index (χ3n) is 6.33. The lowest BCUT2D eigenvalue weighted by Gasteiger charge is -2.31. The summed E-state index contributed by atoms with van der Waals surface area (Å²) >= 11 is 0. The van der Waals surface area contributed by atoms with Gasteiger partial charge in [0, 0.05) is 11.6 Å². The molecule has 0 aliphatic carbocycles. The van der Waals surface area contributed by atoms with Gasteiger partial charge in [0.15, 0.2) is 0 Å². The SMILES string of the molecule is CCOC(=O)[C@H](c1cccc(F)c1)[C@H](C(=O)Nc1cccc2cccnc12)N1C(=O)c2ccccc2C1=O. The van der Waals surface area contributed by atoms with Crippen LogP contribution >= 0.6 is 0 Å². The molecule has 5 rings (SSSR count). The molecule has 2 atom stereocenters. The van der Waals surface area contributed by atoms with Gasteiger partial charge in [-0.2, -0.15) is 0 Å². The molecule has 0 radical (unpaired) electrons. The van der Waals surface area contributed by atoms with E-state index >= 15 is 0 Å². The highest BCUT2D eigenvalue weighted by molar-refractivity contribution is 6.24. The maximum atomic E-state index is 14.3. The van der Waals surface area contributed by atoms with E-state index in [1.165, 1.54) is 30.3 Å². The number of carbonyl (C=O) groups excluding carboxylic acids is 4. The van der Waals surface area contributed by atoms with Crippen molar-refractivity contribution in [2.75, 3.05) is 11.9 Å². The monoisotopic (exact) mass is 511 g/mol. The zero-order valence-electron chi connectivity index (χ0n) is 20.3. The van der Waals surface area contributed by atoms with Crippen molar-refractivity contribution in [1.82, 2.24) is 9.88 Å². The number of halogens is 1. The van der Waals surface area contributed by atoms with Gasteiger partial charge in [-0.1, -0.05) is 42.5 Å². The lowest BCUT2D eigenvalue weighted by molar-refractivity contribution is -0.148. The number of benzene rings is 3. The number of aromatic nitrogens is 1. The Bertz CT molecular complexity index is 1550. The van der Waals surface area contributed by atoms with Crippen molar-refractivity contribution in [3.8, 4) is 0 Å². The standard InChI is InChI=1S/C29H22FN3O5/c1-2-38-29(37)23(18-9-5-11-19(30)16-18)25(33-27(35)20-12-3-4-13-21(20)28(33)36)26(34)32-22-14-6-8-17-10-7-15-31-24(17)22/h3-16,23,25H,2H2,1H3,(H,32,34)/t23-,25-/m1/s1.